The first-order chi connectivity index (χ1) is 7.70. The highest BCUT2D eigenvalue weighted by molar-refractivity contribution is 6.33. The van der Waals surface area contributed by atoms with Crippen molar-refractivity contribution in [2.45, 2.75) is 0 Å². The van der Waals surface area contributed by atoms with Crippen molar-refractivity contribution in [2.24, 2.45) is 0 Å². The predicted octanol–water partition coefficient (Wildman–Crippen LogP) is 0.164. The topological polar surface area (TPSA) is 95.6 Å². The Morgan fingerprint density at radius 2 is 2.38 bits per heavy atom. The molecule has 0 atom stereocenters. The van der Waals surface area contributed by atoms with Gasteiger partial charge in [0.2, 0.25) is 11.9 Å². The standard InChI is InChI=1S/C8H9ClN6O/c1-10-2-4(16)13-8-14-6(9)5-7(15-8)12-3-11-5/h3,10H,2H2,1H3,(H2,11,12,13,14,15,16). The van der Waals surface area contributed by atoms with Gasteiger partial charge in [-0.2, -0.15) is 9.97 Å². The Kier molecular flexibility index (Phi) is 2.97. The number of anilines is 1. The van der Waals surface area contributed by atoms with Crippen molar-refractivity contribution in [3.63, 3.8) is 0 Å². The van der Waals surface area contributed by atoms with Gasteiger partial charge in [0, 0.05) is 0 Å². The molecule has 0 radical (unpaired) electrons. The lowest BCUT2D eigenvalue weighted by Crippen LogP contribution is -2.26. The van der Waals surface area contributed by atoms with Crippen molar-refractivity contribution in [2.75, 3.05) is 18.9 Å². The van der Waals surface area contributed by atoms with E-state index in [1.165, 1.54) is 6.33 Å². The summed E-state index contributed by atoms with van der Waals surface area (Å²) in [6.45, 7) is 0.180. The van der Waals surface area contributed by atoms with Crippen molar-refractivity contribution in [1.29, 1.82) is 0 Å². The van der Waals surface area contributed by atoms with Gasteiger partial charge >= 0.3 is 0 Å². The van der Waals surface area contributed by atoms with E-state index in [0.717, 1.165) is 0 Å². The van der Waals surface area contributed by atoms with E-state index >= 15 is 0 Å². The Balaban J connectivity index is 2.28. The van der Waals surface area contributed by atoms with Gasteiger partial charge in [-0.3, -0.25) is 10.1 Å². The van der Waals surface area contributed by atoms with Crippen molar-refractivity contribution in [1.82, 2.24) is 25.3 Å². The molecule has 2 heterocycles. The van der Waals surface area contributed by atoms with Gasteiger partial charge in [0.25, 0.3) is 0 Å². The SMILES string of the molecule is CNCC(=O)Nc1nc(Cl)c2[nH]cnc2n1. The maximum atomic E-state index is 11.3. The number of amides is 1. The van der Waals surface area contributed by atoms with E-state index in [1.807, 2.05) is 0 Å². The van der Waals surface area contributed by atoms with E-state index in [9.17, 15) is 4.79 Å². The molecule has 84 valence electrons. The number of carbonyl (C=O) groups is 1. The molecule has 0 unspecified atom stereocenters. The zero-order chi connectivity index (χ0) is 11.5. The van der Waals surface area contributed by atoms with Crippen LogP contribution in [-0.4, -0.2) is 39.4 Å². The van der Waals surface area contributed by atoms with Crippen LogP contribution in [0.3, 0.4) is 0 Å². The van der Waals surface area contributed by atoms with E-state index in [4.69, 9.17) is 11.6 Å². The molecule has 0 aliphatic carbocycles. The zero-order valence-corrected chi connectivity index (χ0v) is 9.17. The molecule has 0 spiro atoms. The van der Waals surface area contributed by atoms with Gasteiger partial charge < -0.3 is 10.3 Å². The van der Waals surface area contributed by atoms with Gasteiger partial charge in [-0.1, -0.05) is 11.6 Å². The van der Waals surface area contributed by atoms with Crippen molar-refractivity contribution in [3.8, 4) is 0 Å². The van der Waals surface area contributed by atoms with E-state index in [0.29, 0.717) is 11.2 Å². The second kappa shape index (κ2) is 4.42. The summed E-state index contributed by atoms with van der Waals surface area (Å²) in [7, 11) is 1.67. The average Bonchev–Trinajstić information content (AvgIpc) is 2.66. The summed E-state index contributed by atoms with van der Waals surface area (Å²) in [5, 5.41) is 5.44. The van der Waals surface area contributed by atoms with Crippen LogP contribution in [0, 0.1) is 0 Å². The lowest BCUT2D eigenvalue weighted by molar-refractivity contribution is -0.115. The summed E-state index contributed by atoms with van der Waals surface area (Å²) >= 11 is 5.87. The van der Waals surface area contributed by atoms with Crippen LogP contribution in [-0.2, 0) is 4.79 Å². The van der Waals surface area contributed by atoms with Crippen LogP contribution in [0.2, 0.25) is 5.15 Å². The molecule has 0 aliphatic heterocycles. The van der Waals surface area contributed by atoms with Crippen LogP contribution in [0.1, 0.15) is 0 Å². The molecular weight excluding hydrogens is 232 g/mol. The van der Waals surface area contributed by atoms with E-state index in [-0.39, 0.29) is 23.6 Å². The molecule has 3 N–H and O–H groups in total. The van der Waals surface area contributed by atoms with Gasteiger partial charge in [-0.25, -0.2) is 4.98 Å². The normalized spacial score (nSPS) is 10.6. The van der Waals surface area contributed by atoms with Gasteiger partial charge in [-0.05, 0) is 7.05 Å². The maximum absolute atomic E-state index is 11.3. The van der Waals surface area contributed by atoms with Gasteiger partial charge in [-0.15, -0.1) is 0 Å². The number of hydrogen-bond acceptors (Lipinski definition) is 5. The Labute approximate surface area is 95.6 Å². The smallest absolute Gasteiger partial charge is 0.240 e. The summed E-state index contributed by atoms with van der Waals surface area (Å²) in [6.07, 6.45) is 1.46. The lowest BCUT2D eigenvalue weighted by Gasteiger charge is -2.03. The van der Waals surface area contributed by atoms with Crippen LogP contribution < -0.4 is 10.6 Å². The molecule has 8 heteroatoms. The number of aromatic nitrogens is 4. The number of carbonyl (C=O) groups excluding carboxylic acids is 1. The Morgan fingerprint density at radius 3 is 3.12 bits per heavy atom. The number of H-pyrrole nitrogens is 1. The summed E-state index contributed by atoms with van der Waals surface area (Å²) in [5.41, 5.74) is 0.966. The molecule has 16 heavy (non-hydrogen) atoms. The van der Waals surface area contributed by atoms with Crippen molar-refractivity contribution >= 4 is 34.6 Å². The highest BCUT2D eigenvalue weighted by Crippen LogP contribution is 2.17. The van der Waals surface area contributed by atoms with Gasteiger partial charge in [0.05, 0.1) is 12.9 Å². The number of fused-ring (bicyclic) bond motifs is 1. The molecule has 0 aliphatic rings. The third kappa shape index (κ3) is 2.10. The van der Waals surface area contributed by atoms with Gasteiger partial charge in [0.15, 0.2) is 10.8 Å². The summed E-state index contributed by atoms with van der Waals surface area (Å²) in [5.74, 6) is -0.0988. The van der Waals surface area contributed by atoms with Crippen LogP contribution >= 0.6 is 11.6 Å². The molecule has 2 rings (SSSR count). The number of nitrogens with one attached hydrogen (secondary N) is 3. The summed E-state index contributed by atoms with van der Waals surface area (Å²) in [6, 6.07) is 0. The highest BCUT2D eigenvalue weighted by Gasteiger charge is 2.09. The number of imidazole rings is 1. The minimum absolute atomic E-state index is 0.143. The first kappa shape index (κ1) is 10.8. The Bertz CT molecular complexity index is 524. The molecule has 0 aromatic carbocycles. The van der Waals surface area contributed by atoms with E-state index < -0.39 is 0 Å². The first-order valence-electron chi connectivity index (χ1n) is 4.52. The average molecular weight is 241 g/mol. The molecule has 0 saturated carbocycles. The fraction of sp³-hybridized carbons (Fsp3) is 0.250. The predicted molar refractivity (Wildman–Crippen MR) is 59.3 cm³/mol. The van der Waals surface area contributed by atoms with Crippen molar-refractivity contribution in [3.05, 3.63) is 11.5 Å². The number of aromatic amines is 1. The monoisotopic (exact) mass is 240 g/mol. The fourth-order valence-corrected chi connectivity index (χ4v) is 1.40. The molecule has 1 amide bonds. The van der Waals surface area contributed by atoms with Gasteiger partial charge in [0.1, 0.15) is 5.52 Å². The number of likely N-dealkylation sites (N-methyl/N-ethyl adjacent to an activating group) is 1. The largest absolute Gasteiger partial charge is 0.341 e. The quantitative estimate of drug-likeness (QED) is 0.665. The molecule has 2 aromatic rings. The number of nitrogens with zero attached hydrogens (tertiary/aromatic N) is 3. The maximum Gasteiger partial charge on any atom is 0.240 e. The van der Waals surface area contributed by atoms with Crippen molar-refractivity contribution < 1.29 is 4.79 Å². The zero-order valence-electron chi connectivity index (χ0n) is 8.41. The number of hydrogen-bond donors (Lipinski definition) is 3. The van der Waals surface area contributed by atoms with Crippen LogP contribution in [0.5, 0.6) is 0 Å². The highest BCUT2D eigenvalue weighted by atomic mass is 35.5. The first-order valence-corrected chi connectivity index (χ1v) is 4.89. The molecule has 2 aromatic heterocycles. The van der Waals surface area contributed by atoms with Crippen LogP contribution in [0.15, 0.2) is 6.33 Å². The van der Waals surface area contributed by atoms with Crippen LogP contribution in [0.25, 0.3) is 11.2 Å². The molecule has 0 saturated heterocycles. The summed E-state index contributed by atoms with van der Waals surface area (Å²) < 4.78 is 0. The Hall–Kier alpha value is -1.73. The third-order valence-electron chi connectivity index (χ3n) is 1.83. The van der Waals surface area contributed by atoms with Crippen LogP contribution in [0.4, 0.5) is 5.95 Å². The molecule has 0 bridgehead atoms. The molecule has 0 fully saturated rings. The number of rotatable bonds is 3. The Morgan fingerprint density at radius 1 is 1.56 bits per heavy atom. The number of halogens is 1. The summed E-state index contributed by atoms with van der Waals surface area (Å²) in [4.78, 5) is 25.9. The minimum atomic E-state index is -0.242. The second-order valence-electron chi connectivity index (χ2n) is 3.02. The third-order valence-corrected chi connectivity index (χ3v) is 2.10. The second-order valence-corrected chi connectivity index (χ2v) is 3.38. The fourth-order valence-electron chi connectivity index (χ4n) is 1.18. The minimum Gasteiger partial charge on any atom is -0.341 e. The molecular formula is C8H9ClN6O. The molecule has 7 nitrogen and oxygen atoms in total. The van der Waals surface area contributed by atoms with E-state index in [1.54, 1.807) is 7.05 Å². The lowest BCUT2D eigenvalue weighted by atomic mass is 10.5. The van der Waals surface area contributed by atoms with E-state index in [2.05, 4.69) is 30.6 Å².